The highest BCUT2D eigenvalue weighted by Gasteiger charge is 2.10. The van der Waals surface area contributed by atoms with Crippen LogP contribution in [0.15, 0.2) is 41.0 Å². The number of anilines is 1. The molecule has 0 unspecified atom stereocenters. The zero-order valence-electron chi connectivity index (χ0n) is 10.7. The van der Waals surface area contributed by atoms with Crippen molar-refractivity contribution in [1.82, 2.24) is 5.32 Å². The maximum Gasteiger partial charge on any atom is 0.171 e. The van der Waals surface area contributed by atoms with Gasteiger partial charge in [0, 0.05) is 10.7 Å². The van der Waals surface area contributed by atoms with E-state index in [1.165, 1.54) is 0 Å². The molecule has 0 saturated heterocycles. The normalized spacial score (nSPS) is 11.9. The summed E-state index contributed by atoms with van der Waals surface area (Å²) in [5.41, 5.74) is 1.87. The van der Waals surface area contributed by atoms with Crippen molar-refractivity contribution in [1.29, 1.82) is 0 Å². The summed E-state index contributed by atoms with van der Waals surface area (Å²) >= 11 is 11.3. The Morgan fingerprint density at radius 1 is 1.32 bits per heavy atom. The minimum Gasteiger partial charge on any atom is -0.467 e. The summed E-state index contributed by atoms with van der Waals surface area (Å²) in [6.45, 7) is 3.93. The summed E-state index contributed by atoms with van der Waals surface area (Å²) in [5.74, 6) is 0.840. The molecule has 19 heavy (non-hydrogen) atoms. The van der Waals surface area contributed by atoms with Crippen LogP contribution in [0.5, 0.6) is 0 Å². The summed E-state index contributed by atoms with van der Waals surface area (Å²) in [7, 11) is 0. The predicted molar refractivity (Wildman–Crippen MR) is 82.7 cm³/mol. The van der Waals surface area contributed by atoms with Crippen molar-refractivity contribution >= 4 is 34.6 Å². The number of furan rings is 1. The molecule has 5 heteroatoms. The zero-order chi connectivity index (χ0) is 13.8. The van der Waals surface area contributed by atoms with Gasteiger partial charge in [-0.25, -0.2) is 0 Å². The minimum atomic E-state index is 0.00879. The summed E-state index contributed by atoms with van der Waals surface area (Å²) < 4.78 is 5.32. The fourth-order valence-electron chi connectivity index (χ4n) is 1.71. The van der Waals surface area contributed by atoms with Gasteiger partial charge in [0.2, 0.25) is 0 Å². The van der Waals surface area contributed by atoms with Crippen LogP contribution >= 0.6 is 23.8 Å². The number of rotatable bonds is 3. The Hall–Kier alpha value is -1.52. The van der Waals surface area contributed by atoms with E-state index in [2.05, 4.69) is 10.6 Å². The predicted octanol–water partition coefficient (Wildman–Crippen LogP) is 4.29. The molecule has 2 N–H and O–H groups in total. The third-order valence-electron chi connectivity index (χ3n) is 2.83. The summed E-state index contributed by atoms with van der Waals surface area (Å²) in [5, 5.41) is 7.55. The number of halogens is 1. The molecule has 2 rings (SSSR count). The van der Waals surface area contributed by atoms with Gasteiger partial charge >= 0.3 is 0 Å². The summed E-state index contributed by atoms with van der Waals surface area (Å²) in [6, 6.07) is 9.44. The Kier molecular flexibility index (Phi) is 4.45. The van der Waals surface area contributed by atoms with Crippen LogP contribution in [-0.2, 0) is 0 Å². The van der Waals surface area contributed by atoms with Crippen LogP contribution in [0.3, 0.4) is 0 Å². The monoisotopic (exact) mass is 294 g/mol. The molecule has 1 heterocycles. The van der Waals surface area contributed by atoms with Crippen LogP contribution in [0.2, 0.25) is 5.02 Å². The van der Waals surface area contributed by atoms with Crippen molar-refractivity contribution in [3.63, 3.8) is 0 Å². The van der Waals surface area contributed by atoms with E-state index in [-0.39, 0.29) is 6.04 Å². The van der Waals surface area contributed by atoms with Gasteiger partial charge in [0.25, 0.3) is 0 Å². The molecule has 100 valence electrons. The van der Waals surface area contributed by atoms with E-state index >= 15 is 0 Å². The molecule has 0 spiro atoms. The smallest absolute Gasteiger partial charge is 0.171 e. The van der Waals surface area contributed by atoms with E-state index in [4.69, 9.17) is 28.2 Å². The second-order valence-electron chi connectivity index (χ2n) is 4.25. The van der Waals surface area contributed by atoms with Crippen LogP contribution in [0.25, 0.3) is 0 Å². The van der Waals surface area contributed by atoms with E-state index in [9.17, 15) is 0 Å². The number of benzene rings is 1. The minimum absolute atomic E-state index is 0.00879. The van der Waals surface area contributed by atoms with E-state index in [0.717, 1.165) is 17.0 Å². The lowest BCUT2D eigenvalue weighted by Crippen LogP contribution is -2.30. The van der Waals surface area contributed by atoms with Crippen molar-refractivity contribution in [3.05, 3.63) is 52.9 Å². The average molecular weight is 295 g/mol. The van der Waals surface area contributed by atoms with Crippen LogP contribution in [0.4, 0.5) is 5.69 Å². The van der Waals surface area contributed by atoms with Crippen molar-refractivity contribution < 1.29 is 4.42 Å². The Balaban J connectivity index is 2.00. The Morgan fingerprint density at radius 2 is 2.11 bits per heavy atom. The molecule has 0 aliphatic heterocycles. The lowest BCUT2D eigenvalue weighted by molar-refractivity contribution is 0.464. The van der Waals surface area contributed by atoms with Crippen LogP contribution in [0, 0.1) is 6.92 Å². The number of nitrogens with one attached hydrogen (secondary N) is 2. The quantitative estimate of drug-likeness (QED) is 0.828. The first-order valence-corrected chi connectivity index (χ1v) is 6.72. The van der Waals surface area contributed by atoms with Crippen LogP contribution in [-0.4, -0.2) is 5.11 Å². The first kappa shape index (κ1) is 13.9. The molecular formula is C14H15ClN2OS. The number of hydrogen-bond donors (Lipinski definition) is 2. The molecule has 0 bridgehead atoms. The fourth-order valence-corrected chi connectivity index (χ4v) is 2.17. The molecule has 0 amide bonds. The van der Waals surface area contributed by atoms with Crippen molar-refractivity contribution in [3.8, 4) is 0 Å². The maximum atomic E-state index is 6.07. The topological polar surface area (TPSA) is 37.2 Å². The van der Waals surface area contributed by atoms with Gasteiger partial charge < -0.3 is 15.1 Å². The van der Waals surface area contributed by atoms with Gasteiger partial charge in [0.1, 0.15) is 5.76 Å². The maximum absolute atomic E-state index is 6.07. The van der Waals surface area contributed by atoms with Crippen LogP contribution < -0.4 is 10.6 Å². The van der Waals surface area contributed by atoms with Gasteiger partial charge in [0.15, 0.2) is 5.11 Å². The zero-order valence-corrected chi connectivity index (χ0v) is 12.3. The van der Waals surface area contributed by atoms with Gasteiger partial charge in [-0.1, -0.05) is 17.7 Å². The fraction of sp³-hybridized carbons (Fsp3) is 0.214. The van der Waals surface area contributed by atoms with Crippen molar-refractivity contribution in [2.45, 2.75) is 19.9 Å². The Labute approximate surface area is 123 Å². The molecule has 0 fully saturated rings. The SMILES string of the molecule is Cc1c(Cl)cccc1NC(=S)N[C@H](C)c1ccco1. The first-order valence-electron chi connectivity index (χ1n) is 5.94. The third kappa shape index (κ3) is 3.49. The third-order valence-corrected chi connectivity index (χ3v) is 3.46. The van der Waals surface area contributed by atoms with E-state index in [1.807, 2.05) is 44.2 Å². The molecule has 0 aliphatic rings. The van der Waals surface area contributed by atoms with Gasteiger partial charge in [-0.15, -0.1) is 0 Å². The highest BCUT2D eigenvalue weighted by atomic mass is 35.5. The lowest BCUT2D eigenvalue weighted by Gasteiger charge is -2.16. The largest absolute Gasteiger partial charge is 0.467 e. The molecule has 2 aromatic rings. The molecule has 0 saturated carbocycles. The average Bonchev–Trinajstić information content (AvgIpc) is 2.88. The Morgan fingerprint density at radius 3 is 2.79 bits per heavy atom. The first-order chi connectivity index (χ1) is 9.08. The number of hydrogen-bond acceptors (Lipinski definition) is 2. The Bertz CT molecular complexity index is 569. The van der Waals surface area contributed by atoms with Crippen molar-refractivity contribution in [2.24, 2.45) is 0 Å². The van der Waals surface area contributed by atoms with Gasteiger partial charge in [0.05, 0.1) is 12.3 Å². The molecule has 1 aromatic heterocycles. The van der Waals surface area contributed by atoms with E-state index < -0.39 is 0 Å². The van der Waals surface area contributed by atoms with Crippen molar-refractivity contribution in [2.75, 3.05) is 5.32 Å². The number of thiocarbonyl (C=S) groups is 1. The molecule has 1 aromatic carbocycles. The summed E-state index contributed by atoms with van der Waals surface area (Å²) in [4.78, 5) is 0. The van der Waals surface area contributed by atoms with Gasteiger partial charge in [-0.2, -0.15) is 0 Å². The second-order valence-corrected chi connectivity index (χ2v) is 5.06. The molecule has 3 nitrogen and oxygen atoms in total. The molecule has 0 radical (unpaired) electrons. The molecule has 0 aliphatic carbocycles. The van der Waals surface area contributed by atoms with Gasteiger partial charge in [-0.05, 0) is 55.9 Å². The highest BCUT2D eigenvalue weighted by molar-refractivity contribution is 7.80. The van der Waals surface area contributed by atoms with Crippen LogP contribution in [0.1, 0.15) is 24.3 Å². The highest BCUT2D eigenvalue weighted by Crippen LogP contribution is 2.23. The van der Waals surface area contributed by atoms with Gasteiger partial charge in [-0.3, -0.25) is 0 Å². The second kappa shape index (κ2) is 6.08. The van der Waals surface area contributed by atoms with E-state index in [0.29, 0.717) is 10.1 Å². The molecule has 1 atom stereocenters. The summed E-state index contributed by atoms with van der Waals surface area (Å²) in [6.07, 6.45) is 1.64. The van der Waals surface area contributed by atoms with E-state index in [1.54, 1.807) is 6.26 Å². The standard InChI is InChI=1S/C14H15ClN2OS/c1-9-11(15)5-3-6-12(9)17-14(19)16-10(2)13-7-4-8-18-13/h3-8,10H,1-2H3,(H2,16,17,19)/t10-/m1/s1. The lowest BCUT2D eigenvalue weighted by atomic mass is 10.2. The molecular weight excluding hydrogens is 280 g/mol.